The highest BCUT2D eigenvalue weighted by molar-refractivity contribution is 7.20. The minimum Gasteiger partial charge on any atom is -0.492 e. The van der Waals surface area contributed by atoms with Gasteiger partial charge in [-0.15, -0.1) is 11.3 Å². The summed E-state index contributed by atoms with van der Waals surface area (Å²) in [5, 5.41) is 14.2. The molecule has 2 aromatic carbocycles. The van der Waals surface area contributed by atoms with E-state index in [2.05, 4.69) is 10.3 Å². The highest BCUT2D eigenvalue weighted by Gasteiger charge is 2.33. The average molecular weight is 682 g/mol. The monoisotopic (exact) mass is 681 g/mol. The molecule has 15 heteroatoms. The number of thiophene rings is 1. The van der Waals surface area contributed by atoms with E-state index in [0.717, 1.165) is 28.4 Å². The summed E-state index contributed by atoms with van der Waals surface area (Å²) >= 11 is 1.02. The molecular formula is C33H33F2N5O7S. The first kappa shape index (κ1) is 34.3. The topological polar surface area (TPSA) is 136 Å². The van der Waals surface area contributed by atoms with Crippen molar-refractivity contribution in [3.63, 3.8) is 0 Å². The van der Waals surface area contributed by atoms with Crippen molar-refractivity contribution in [2.75, 3.05) is 50.7 Å². The molecule has 252 valence electrons. The first-order valence-corrected chi connectivity index (χ1v) is 15.8. The normalized spacial score (nSPS) is 12.8. The maximum Gasteiger partial charge on any atom is 0.415 e. The number of anilines is 2. The van der Waals surface area contributed by atoms with Gasteiger partial charge in [0.05, 0.1) is 49.7 Å². The maximum atomic E-state index is 14.9. The van der Waals surface area contributed by atoms with Crippen LogP contribution in [0.3, 0.4) is 0 Å². The standard InChI is InChI=1S/C33H33F2N5O7S/c1-4-46-33(42)39(16-24-26(34)6-5-7-27(24)35)32-29(31(41)37-28-13-12-23(14-36-28)47-19-20-17-45-18-20)25(15-38(2)3)30(48-32)21-8-10-22(11-9-21)40(43)44/h5-14,20H,4,15-19H2,1-3H3,(H,36,37,41). The van der Waals surface area contributed by atoms with Crippen molar-refractivity contribution in [3.05, 3.63) is 99.2 Å². The average Bonchev–Trinajstić information content (AvgIpc) is 3.39. The van der Waals surface area contributed by atoms with Crippen LogP contribution in [0.1, 0.15) is 28.4 Å². The lowest BCUT2D eigenvalue weighted by atomic mass is 10.0. The minimum absolute atomic E-state index is 0.0407. The van der Waals surface area contributed by atoms with Crippen molar-refractivity contribution >= 4 is 39.8 Å². The molecule has 0 saturated carbocycles. The number of rotatable bonds is 13. The number of hydrogen-bond acceptors (Lipinski definition) is 10. The van der Waals surface area contributed by atoms with Crippen molar-refractivity contribution in [1.82, 2.24) is 9.88 Å². The second kappa shape index (κ2) is 15.3. The number of aromatic nitrogens is 1. The second-order valence-electron chi connectivity index (χ2n) is 11.2. The third-order valence-corrected chi connectivity index (χ3v) is 8.62. The van der Waals surface area contributed by atoms with E-state index in [1.807, 2.05) is 0 Å². The zero-order valence-corrected chi connectivity index (χ0v) is 27.2. The van der Waals surface area contributed by atoms with E-state index in [1.54, 1.807) is 38.1 Å². The number of ether oxygens (including phenoxy) is 3. The van der Waals surface area contributed by atoms with Crippen LogP contribution in [-0.2, 0) is 22.6 Å². The number of hydrogen-bond donors (Lipinski definition) is 1. The van der Waals surface area contributed by atoms with Gasteiger partial charge in [-0.2, -0.15) is 0 Å². The van der Waals surface area contributed by atoms with Gasteiger partial charge in [0.1, 0.15) is 28.2 Å². The highest BCUT2D eigenvalue weighted by atomic mass is 32.1. The van der Waals surface area contributed by atoms with Crippen molar-refractivity contribution < 1.29 is 37.5 Å². The van der Waals surface area contributed by atoms with E-state index in [1.165, 1.54) is 36.5 Å². The Labute approximate surface area is 279 Å². The molecule has 1 N–H and O–H groups in total. The Morgan fingerprint density at radius 1 is 1.06 bits per heavy atom. The van der Waals surface area contributed by atoms with Crippen LogP contribution in [0, 0.1) is 27.7 Å². The van der Waals surface area contributed by atoms with Gasteiger partial charge in [0.2, 0.25) is 0 Å². The molecule has 0 spiro atoms. The van der Waals surface area contributed by atoms with Gasteiger partial charge in [0.15, 0.2) is 0 Å². The quantitative estimate of drug-likeness (QED) is 0.124. The molecule has 2 aromatic heterocycles. The molecule has 12 nitrogen and oxygen atoms in total. The van der Waals surface area contributed by atoms with Crippen LogP contribution in [0.4, 0.5) is 30.1 Å². The van der Waals surface area contributed by atoms with Gasteiger partial charge in [-0.3, -0.25) is 19.8 Å². The van der Waals surface area contributed by atoms with Gasteiger partial charge in [0, 0.05) is 35.0 Å². The van der Waals surface area contributed by atoms with Gasteiger partial charge in [0.25, 0.3) is 11.6 Å². The van der Waals surface area contributed by atoms with Crippen LogP contribution in [0.2, 0.25) is 0 Å². The zero-order chi connectivity index (χ0) is 34.4. The van der Waals surface area contributed by atoms with Crippen LogP contribution < -0.4 is 15.0 Å². The summed E-state index contributed by atoms with van der Waals surface area (Å²) in [6.07, 6.45) is 0.539. The molecular weight excluding hydrogens is 648 g/mol. The van der Waals surface area contributed by atoms with E-state index < -0.39 is 40.7 Å². The van der Waals surface area contributed by atoms with Crippen molar-refractivity contribution in [1.29, 1.82) is 0 Å². The molecule has 0 aliphatic carbocycles. The molecule has 48 heavy (non-hydrogen) atoms. The molecule has 4 aromatic rings. The number of pyridine rings is 1. The largest absolute Gasteiger partial charge is 0.492 e. The predicted octanol–water partition coefficient (Wildman–Crippen LogP) is 6.50. The second-order valence-corrected chi connectivity index (χ2v) is 12.2. The summed E-state index contributed by atoms with van der Waals surface area (Å²) in [6, 6.07) is 12.3. The first-order chi connectivity index (χ1) is 23.0. The van der Waals surface area contributed by atoms with Gasteiger partial charge in [-0.05, 0) is 68.5 Å². The fraction of sp³-hybridized carbons (Fsp3) is 0.303. The van der Waals surface area contributed by atoms with E-state index in [9.17, 15) is 28.5 Å². The van der Waals surface area contributed by atoms with Gasteiger partial charge >= 0.3 is 6.09 Å². The number of benzene rings is 2. The fourth-order valence-electron chi connectivity index (χ4n) is 4.89. The Hall–Kier alpha value is -4.99. The minimum atomic E-state index is -0.932. The fourth-order valence-corrected chi connectivity index (χ4v) is 6.19. The summed E-state index contributed by atoms with van der Waals surface area (Å²) in [7, 11) is 3.57. The Morgan fingerprint density at radius 2 is 1.77 bits per heavy atom. The summed E-state index contributed by atoms with van der Waals surface area (Å²) in [5.74, 6) is -1.42. The number of carbonyl (C=O) groups excluding carboxylic acids is 2. The highest BCUT2D eigenvalue weighted by Crippen LogP contribution is 2.44. The van der Waals surface area contributed by atoms with Crippen LogP contribution >= 0.6 is 11.3 Å². The van der Waals surface area contributed by atoms with Crippen LogP contribution in [0.5, 0.6) is 5.75 Å². The van der Waals surface area contributed by atoms with Gasteiger partial charge in [-0.1, -0.05) is 6.07 Å². The maximum absolute atomic E-state index is 14.9. The van der Waals surface area contributed by atoms with Gasteiger partial charge < -0.3 is 24.4 Å². The van der Waals surface area contributed by atoms with Crippen molar-refractivity contribution in [2.45, 2.75) is 20.0 Å². The van der Waals surface area contributed by atoms with Crippen LogP contribution in [0.25, 0.3) is 10.4 Å². The number of nitrogens with one attached hydrogen (secondary N) is 1. The van der Waals surface area contributed by atoms with Crippen molar-refractivity contribution in [2.24, 2.45) is 5.92 Å². The Kier molecular flexibility index (Phi) is 10.9. The van der Waals surface area contributed by atoms with Crippen molar-refractivity contribution in [3.8, 4) is 16.2 Å². The molecule has 1 saturated heterocycles. The first-order valence-electron chi connectivity index (χ1n) is 15.0. The lowest BCUT2D eigenvalue weighted by Crippen LogP contribution is -2.33. The summed E-state index contributed by atoms with van der Waals surface area (Å²) < 4.78 is 46.1. The molecule has 0 unspecified atom stereocenters. The molecule has 0 bridgehead atoms. The lowest BCUT2D eigenvalue weighted by Gasteiger charge is -2.25. The zero-order valence-electron chi connectivity index (χ0n) is 26.4. The molecule has 2 amide bonds. The van der Waals surface area contributed by atoms with Crippen LogP contribution in [0.15, 0.2) is 60.8 Å². The van der Waals surface area contributed by atoms with E-state index in [-0.39, 0.29) is 35.2 Å². The summed E-state index contributed by atoms with van der Waals surface area (Å²) in [5.41, 5.74) is 0.504. The third kappa shape index (κ3) is 7.93. The Balaban J connectivity index is 1.61. The lowest BCUT2D eigenvalue weighted by molar-refractivity contribution is -0.384. The molecule has 5 rings (SSSR count). The molecule has 3 heterocycles. The van der Waals surface area contributed by atoms with Gasteiger partial charge in [-0.25, -0.2) is 18.6 Å². The molecule has 1 aliphatic rings. The number of nitro benzene ring substituents is 1. The van der Waals surface area contributed by atoms with E-state index in [4.69, 9.17) is 14.2 Å². The number of carbonyl (C=O) groups is 2. The molecule has 0 radical (unpaired) electrons. The summed E-state index contributed by atoms with van der Waals surface area (Å²) in [6.45, 7) is 2.88. The third-order valence-electron chi connectivity index (χ3n) is 7.31. The molecule has 0 atom stereocenters. The number of non-ortho nitro benzene ring substituents is 1. The SMILES string of the molecule is CCOC(=O)N(Cc1c(F)cccc1F)c1sc(-c2ccc([N+](=O)[O-])cc2)c(CN(C)C)c1C(=O)Nc1ccc(OCC2COC2)cn1. The van der Waals surface area contributed by atoms with E-state index >= 15 is 0 Å². The Morgan fingerprint density at radius 3 is 2.33 bits per heavy atom. The molecule has 1 fully saturated rings. The van der Waals surface area contributed by atoms with E-state index in [0.29, 0.717) is 47.5 Å². The summed E-state index contributed by atoms with van der Waals surface area (Å²) in [4.78, 5) is 46.2. The number of amides is 2. The number of halogens is 2. The predicted molar refractivity (Wildman–Crippen MR) is 175 cm³/mol. The van der Waals surface area contributed by atoms with Crippen LogP contribution in [-0.4, -0.2) is 67.3 Å². The smallest absolute Gasteiger partial charge is 0.415 e. The number of nitrogens with zero attached hydrogens (tertiary/aromatic N) is 4. The number of nitro groups is 1. The Bertz CT molecular complexity index is 1760. The molecule has 1 aliphatic heterocycles.